The monoisotopic (exact) mass is 494 g/mol. The fourth-order valence-corrected chi connectivity index (χ4v) is 3.53. The molecule has 0 aliphatic heterocycles. The molecule has 166 valence electrons. The predicted molar refractivity (Wildman–Crippen MR) is 122 cm³/mol. The lowest BCUT2D eigenvalue weighted by atomic mass is 10.2. The first-order chi connectivity index (χ1) is 15.2. The maximum atomic E-state index is 11.0. The highest BCUT2D eigenvalue weighted by atomic mass is 35.5. The number of benzene rings is 3. The molecule has 0 saturated heterocycles. The second kappa shape index (κ2) is 12.0. The van der Waals surface area contributed by atoms with E-state index in [1.54, 1.807) is 42.5 Å². The van der Waals surface area contributed by atoms with E-state index >= 15 is 0 Å². The molecule has 3 N–H and O–H groups in total. The highest BCUT2D eigenvalue weighted by Crippen LogP contribution is 2.29. The topological polar surface area (TPSA) is 121 Å². The number of hydrogen-bond donors (Lipinski definition) is 3. The summed E-state index contributed by atoms with van der Waals surface area (Å²) in [5.41, 5.74) is -0.0506. The van der Waals surface area contributed by atoms with E-state index in [-0.39, 0.29) is 28.4 Å². The van der Waals surface area contributed by atoms with Gasteiger partial charge in [-0.25, -0.2) is 9.59 Å². The number of rotatable bonds is 7. The first-order valence-corrected chi connectivity index (χ1v) is 10.6. The van der Waals surface area contributed by atoms with Crippen molar-refractivity contribution in [2.45, 2.75) is 4.90 Å². The molecule has 7 nitrogen and oxygen atoms in total. The number of ether oxygens (including phenoxy) is 1. The summed E-state index contributed by atoms with van der Waals surface area (Å²) in [5.74, 6) is -2.93. The summed E-state index contributed by atoms with van der Waals surface area (Å²) >= 11 is 12.7. The number of carboxylic acid groups (broad SMARTS) is 3. The van der Waals surface area contributed by atoms with Crippen molar-refractivity contribution in [3.05, 3.63) is 87.9 Å². The molecular weight excluding hydrogens is 479 g/mol. The minimum atomic E-state index is -1.14. The molecule has 3 rings (SSSR count). The third kappa shape index (κ3) is 7.49. The molecule has 0 aliphatic carbocycles. The molecule has 10 heteroatoms. The Morgan fingerprint density at radius 2 is 1.28 bits per heavy atom. The molecule has 0 aliphatic rings. The third-order valence-electron chi connectivity index (χ3n) is 3.70. The maximum absolute atomic E-state index is 11.0. The molecule has 0 bridgehead atoms. The van der Waals surface area contributed by atoms with Gasteiger partial charge >= 0.3 is 17.9 Å². The lowest BCUT2D eigenvalue weighted by molar-refractivity contribution is -0.133. The van der Waals surface area contributed by atoms with Crippen LogP contribution in [0.2, 0.25) is 10.0 Å². The van der Waals surface area contributed by atoms with Crippen molar-refractivity contribution in [3.63, 3.8) is 0 Å². The first-order valence-electron chi connectivity index (χ1n) is 8.81. The summed E-state index contributed by atoms with van der Waals surface area (Å²) < 4.78 is 5.40. The standard InChI is InChI=1S/C14H10O5.C8H6Cl2O2S/c15-13(16)9-5-1-3-7-11(9)19-12-8-4-2-6-10(12)14(17)18;9-5-1-2-7(6(10)3-5)13-4-8(11)12/h1-8H,(H,15,16)(H,17,18);1-3H,4H2,(H,11,12). The predicted octanol–water partition coefficient (Wildman–Crippen LogP) is 6.05. The highest BCUT2D eigenvalue weighted by molar-refractivity contribution is 8.00. The fraction of sp³-hybridized carbons (Fsp3) is 0.0455. The van der Waals surface area contributed by atoms with E-state index in [1.807, 2.05) is 0 Å². The van der Waals surface area contributed by atoms with E-state index in [1.165, 1.54) is 36.0 Å². The van der Waals surface area contributed by atoms with Crippen molar-refractivity contribution in [1.29, 1.82) is 0 Å². The van der Waals surface area contributed by atoms with Gasteiger partial charge in [0.1, 0.15) is 22.6 Å². The van der Waals surface area contributed by atoms with Crippen LogP contribution in [0.1, 0.15) is 20.7 Å². The third-order valence-corrected chi connectivity index (χ3v) is 5.42. The molecule has 0 amide bonds. The van der Waals surface area contributed by atoms with Crippen LogP contribution in [0, 0.1) is 0 Å². The number of carbonyl (C=O) groups is 3. The molecule has 3 aromatic carbocycles. The Balaban J connectivity index is 0.000000244. The van der Waals surface area contributed by atoms with Gasteiger partial charge in [0.05, 0.1) is 10.8 Å². The van der Waals surface area contributed by atoms with Gasteiger partial charge in [-0.15, -0.1) is 11.8 Å². The van der Waals surface area contributed by atoms with Crippen LogP contribution in [0.15, 0.2) is 71.6 Å². The van der Waals surface area contributed by atoms with Crippen molar-refractivity contribution in [1.82, 2.24) is 0 Å². The Morgan fingerprint density at radius 3 is 1.72 bits per heavy atom. The van der Waals surface area contributed by atoms with E-state index in [0.29, 0.717) is 10.0 Å². The van der Waals surface area contributed by atoms with Gasteiger partial charge in [-0.05, 0) is 42.5 Å². The average molecular weight is 495 g/mol. The molecule has 0 fully saturated rings. The minimum Gasteiger partial charge on any atom is -0.481 e. The molecule has 32 heavy (non-hydrogen) atoms. The van der Waals surface area contributed by atoms with Gasteiger partial charge in [0, 0.05) is 9.92 Å². The van der Waals surface area contributed by atoms with Gasteiger partial charge in [0.2, 0.25) is 0 Å². The Labute approximate surface area is 197 Å². The highest BCUT2D eigenvalue weighted by Gasteiger charge is 2.15. The van der Waals surface area contributed by atoms with Crippen LogP contribution >= 0.6 is 35.0 Å². The molecule has 0 radical (unpaired) electrons. The van der Waals surface area contributed by atoms with E-state index in [2.05, 4.69) is 0 Å². The van der Waals surface area contributed by atoms with E-state index < -0.39 is 17.9 Å². The first kappa shape index (κ1) is 25.1. The van der Waals surface area contributed by atoms with Crippen LogP contribution in [0.4, 0.5) is 0 Å². The summed E-state index contributed by atoms with van der Waals surface area (Å²) in [6, 6.07) is 17.1. The lowest BCUT2D eigenvalue weighted by Gasteiger charge is -2.10. The Hall–Kier alpha value is -3.20. The number of halogens is 2. The molecule has 0 aromatic heterocycles. The second-order valence-electron chi connectivity index (χ2n) is 5.96. The lowest BCUT2D eigenvalue weighted by Crippen LogP contribution is -2.03. The van der Waals surface area contributed by atoms with Crippen LogP contribution in [0.3, 0.4) is 0 Å². The van der Waals surface area contributed by atoms with Crippen molar-refractivity contribution in [3.8, 4) is 11.5 Å². The summed E-state index contributed by atoms with van der Waals surface area (Å²) in [7, 11) is 0. The van der Waals surface area contributed by atoms with Gasteiger partial charge < -0.3 is 20.1 Å². The molecule has 0 spiro atoms. The number of carboxylic acids is 3. The van der Waals surface area contributed by atoms with Crippen LogP contribution < -0.4 is 4.74 Å². The summed E-state index contributed by atoms with van der Waals surface area (Å²) in [6.07, 6.45) is 0. The summed E-state index contributed by atoms with van der Waals surface area (Å²) in [6.45, 7) is 0. The smallest absolute Gasteiger partial charge is 0.339 e. The van der Waals surface area contributed by atoms with E-state index in [4.69, 9.17) is 43.3 Å². The van der Waals surface area contributed by atoms with Crippen molar-refractivity contribution in [2.24, 2.45) is 0 Å². The zero-order chi connectivity index (χ0) is 23.7. The van der Waals surface area contributed by atoms with Crippen LogP contribution in [0.5, 0.6) is 11.5 Å². The zero-order valence-corrected chi connectivity index (χ0v) is 18.5. The number of aromatic carboxylic acids is 2. The van der Waals surface area contributed by atoms with Crippen LogP contribution in [-0.2, 0) is 4.79 Å². The van der Waals surface area contributed by atoms with Crippen LogP contribution in [-0.4, -0.2) is 39.0 Å². The largest absolute Gasteiger partial charge is 0.481 e. The minimum absolute atomic E-state index is 0.00134. The normalized spacial score (nSPS) is 9.94. The quantitative estimate of drug-likeness (QED) is 0.339. The number of para-hydroxylation sites is 2. The molecule has 0 heterocycles. The maximum Gasteiger partial charge on any atom is 0.339 e. The van der Waals surface area contributed by atoms with Crippen molar-refractivity contribution in [2.75, 3.05) is 5.75 Å². The van der Waals surface area contributed by atoms with E-state index in [0.717, 1.165) is 4.90 Å². The number of hydrogen-bond acceptors (Lipinski definition) is 5. The van der Waals surface area contributed by atoms with Crippen molar-refractivity contribution < 1.29 is 34.4 Å². The van der Waals surface area contributed by atoms with Gasteiger partial charge in [-0.2, -0.15) is 0 Å². The van der Waals surface area contributed by atoms with Crippen LogP contribution in [0.25, 0.3) is 0 Å². The molecule has 3 aromatic rings. The molecule has 0 unspecified atom stereocenters. The summed E-state index contributed by atoms with van der Waals surface area (Å²) in [4.78, 5) is 33.1. The Kier molecular flexibility index (Phi) is 9.39. The SMILES string of the molecule is O=C(O)CSc1ccc(Cl)cc1Cl.O=C(O)c1ccccc1Oc1ccccc1C(=O)O. The number of aliphatic carboxylic acids is 1. The van der Waals surface area contributed by atoms with Crippen molar-refractivity contribution >= 4 is 52.9 Å². The van der Waals surface area contributed by atoms with Gasteiger partial charge in [-0.1, -0.05) is 47.5 Å². The van der Waals surface area contributed by atoms with Gasteiger partial charge in [-0.3, -0.25) is 4.79 Å². The van der Waals surface area contributed by atoms with Gasteiger partial charge in [0.25, 0.3) is 0 Å². The Bertz CT molecular complexity index is 1080. The Morgan fingerprint density at radius 1 is 0.781 bits per heavy atom. The van der Waals surface area contributed by atoms with E-state index in [9.17, 15) is 14.4 Å². The van der Waals surface area contributed by atoms with Gasteiger partial charge in [0.15, 0.2) is 0 Å². The molecule has 0 atom stereocenters. The molecular formula is C22H16Cl2O7S. The molecule has 0 saturated carbocycles. The fourth-order valence-electron chi connectivity index (χ4n) is 2.31. The summed E-state index contributed by atoms with van der Waals surface area (Å²) in [5, 5.41) is 27.5. The average Bonchev–Trinajstić information content (AvgIpc) is 2.74. The number of thioether (sulfide) groups is 1. The second-order valence-corrected chi connectivity index (χ2v) is 7.82. The zero-order valence-electron chi connectivity index (χ0n) is 16.2.